The van der Waals surface area contributed by atoms with Crippen molar-refractivity contribution in [2.45, 2.75) is 26.8 Å². The van der Waals surface area contributed by atoms with Gasteiger partial charge in [-0.25, -0.2) is 0 Å². The molecule has 0 saturated heterocycles. The smallest absolute Gasteiger partial charge is 0.0794 e. The minimum Gasteiger partial charge on any atom is -0.313 e. The van der Waals surface area contributed by atoms with Crippen molar-refractivity contribution in [3.63, 3.8) is 0 Å². The van der Waals surface area contributed by atoms with Crippen LogP contribution in [0.4, 0.5) is 0 Å². The van der Waals surface area contributed by atoms with Crippen molar-refractivity contribution in [1.29, 1.82) is 0 Å². The van der Waals surface area contributed by atoms with Crippen LogP contribution in [0.15, 0.2) is 18.3 Å². The molecule has 4 heteroatoms. The van der Waals surface area contributed by atoms with Crippen LogP contribution in [0.2, 0.25) is 0 Å². The molecule has 2 rings (SSSR count). The first-order valence-corrected chi connectivity index (χ1v) is 6.48. The standard InChI is InChI=1S/C12H17N3S/c1-3-10-5-6-11(16-10)12-9(7-13-4-2)8-14-15-12/h5-6,8,13H,3-4,7H2,1-2H3,(H,14,15). The summed E-state index contributed by atoms with van der Waals surface area (Å²) in [5.41, 5.74) is 2.40. The van der Waals surface area contributed by atoms with E-state index in [2.05, 4.69) is 41.5 Å². The molecule has 16 heavy (non-hydrogen) atoms. The predicted molar refractivity (Wildman–Crippen MR) is 68.7 cm³/mol. The van der Waals surface area contributed by atoms with E-state index in [9.17, 15) is 0 Å². The van der Waals surface area contributed by atoms with Crippen LogP contribution in [0.1, 0.15) is 24.3 Å². The Morgan fingerprint density at radius 3 is 2.94 bits per heavy atom. The van der Waals surface area contributed by atoms with Gasteiger partial charge in [0.1, 0.15) is 0 Å². The van der Waals surface area contributed by atoms with Crippen molar-refractivity contribution in [1.82, 2.24) is 15.5 Å². The molecular formula is C12H17N3S. The first kappa shape index (κ1) is 11.4. The number of hydrogen-bond acceptors (Lipinski definition) is 3. The molecule has 0 saturated carbocycles. The van der Waals surface area contributed by atoms with Crippen molar-refractivity contribution in [2.75, 3.05) is 6.54 Å². The summed E-state index contributed by atoms with van der Waals surface area (Å²) < 4.78 is 0. The van der Waals surface area contributed by atoms with E-state index < -0.39 is 0 Å². The summed E-state index contributed by atoms with van der Waals surface area (Å²) in [5, 5.41) is 10.5. The van der Waals surface area contributed by atoms with Crippen LogP contribution in [0.5, 0.6) is 0 Å². The summed E-state index contributed by atoms with van der Waals surface area (Å²) in [6.45, 7) is 6.15. The number of H-pyrrole nitrogens is 1. The number of nitrogens with zero attached hydrogens (tertiary/aromatic N) is 1. The highest BCUT2D eigenvalue weighted by atomic mass is 32.1. The third-order valence-electron chi connectivity index (χ3n) is 2.54. The fourth-order valence-corrected chi connectivity index (χ4v) is 2.60. The maximum atomic E-state index is 4.13. The van der Waals surface area contributed by atoms with Crippen LogP contribution in [-0.4, -0.2) is 16.7 Å². The number of rotatable bonds is 5. The number of hydrogen-bond donors (Lipinski definition) is 2. The molecule has 0 bridgehead atoms. The fraction of sp³-hybridized carbons (Fsp3) is 0.417. The first-order valence-electron chi connectivity index (χ1n) is 5.67. The lowest BCUT2D eigenvalue weighted by Gasteiger charge is -2.01. The monoisotopic (exact) mass is 235 g/mol. The SMILES string of the molecule is CCNCc1cn[nH]c1-c1ccc(CC)s1. The molecule has 2 N–H and O–H groups in total. The van der Waals surface area contributed by atoms with Gasteiger partial charge >= 0.3 is 0 Å². The van der Waals surface area contributed by atoms with Crippen molar-refractivity contribution >= 4 is 11.3 Å². The quantitative estimate of drug-likeness (QED) is 0.836. The summed E-state index contributed by atoms with van der Waals surface area (Å²) in [4.78, 5) is 2.70. The van der Waals surface area contributed by atoms with E-state index in [1.807, 2.05) is 17.5 Å². The summed E-state index contributed by atoms with van der Waals surface area (Å²) in [6.07, 6.45) is 3.00. The lowest BCUT2D eigenvalue weighted by atomic mass is 10.2. The minimum atomic E-state index is 0.877. The van der Waals surface area contributed by atoms with Crippen LogP contribution in [-0.2, 0) is 13.0 Å². The Morgan fingerprint density at radius 1 is 1.38 bits per heavy atom. The minimum absolute atomic E-state index is 0.877. The van der Waals surface area contributed by atoms with E-state index in [1.54, 1.807) is 0 Å². The topological polar surface area (TPSA) is 40.7 Å². The van der Waals surface area contributed by atoms with Gasteiger partial charge < -0.3 is 5.32 Å². The Balaban J connectivity index is 2.22. The van der Waals surface area contributed by atoms with Gasteiger partial charge in [0.25, 0.3) is 0 Å². The molecule has 0 aliphatic carbocycles. The van der Waals surface area contributed by atoms with Gasteiger partial charge in [-0.15, -0.1) is 11.3 Å². The van der Waals surface area contributed by atoms with Crippen LogP contribution >= 0.6 is 11.3 Å². The molecule has 3 nitrogen and oxygen atoms in total. The molecule has 0 amide bonds. The van der Waals surface area contributed by atoms with Crippen molar-refractivity contribution in [2.24, 2.45) is 0 Å². The van der Waals surface area contributed by atoms with Gasteiger partial charge in [0.2, 0.25) is 0 Å². The number of aromatic amines is 1. The van der Waals surface area contributed by atoms with Gasteiger partial charge in [-0.2, -0.15) is 5.10 Å². The maximum absolute atomic E-state index is 4.13. The van der Waals surface area contributed by atoms with E-state index in [4.69, 9.17) is 0 Å². The van der Waals surface area contributed by atoms with E-state index in [-0.39, 0.29) is 0 Å². The van der Waals surface area contributed by atoms with Crippen molar-refractivity contribution < 1.29 is 0 Å². The van der Waals surface area contributed by atoms with E-state index in [1.165, 1.54) is 15.3 Å². The molecule has 2 aromatic rings. The highest BCUT2D eigenvalue weighted by molar-refractivity contribution is 7.15. The molecule has 0 unspecified atom stereocenters. The average Bonchev–Trinajstić information content (AvgIpc) is 2.94. The number of nitrogens with one attached hydrogen (secondary N) is 2. The van der Waals surface area contributed by atoms with E-state index in [0.717, 1.165) is 25.2 Å². The second-order valence-corrected chi connectivity index (χ2v) is 4.84. The molecule has 0 aliphatic rings. The predicted octanol–water partition coefficient (Wildman–Crippen LogP) is 2.81. The average molecular weight is 235 g/mol. The lowest BCUT2D eigenvalue weighted by Crippen LogP contribution is -2.11. The molecule has 0 aromatic carbocycles. The summed E-state index contributed by atoms with van der Waals surface area (Å²) in [5.74, 6) is 0. The van der Waals surface area contributed by atoms with Gasteiger partial charge in [0.05, 0.1) is 16.8 Å². The highest BCUT2D eigenvalue weighted by Crippen LogP contribution is 2.29. The Hall–Kier alpha value is -1.13. The largest absolute Gasteiger partial charge is 0.313 e. The van der Waals surface area contributed by atoms with Crippen LogP contribution in [0.3, 0.4) is 0 Å². The Morgan fingerprint density at radius 2 is 2.25 bits per heavy atom. The normalized spacial score (nSPS) is 10.9. The van der Waals surface area contributed by atoms with Crippen LogP contribution in [0.25, 0.3) is 10.6 Å². The molecule has 86 valence electrons. The lowest BCUT2D eigenvalue weighted by molar-refractivity contribution is 0.728. The Kier molecular flexibility index (Phi) is 3.74. The van der Waals surface area contributed by atoms with Crippen LogP contribution < -0.4 is 5.32 Å². The number of thiophene rings is 1. The third kappa shape index (κ3) is 2.33. The molecule has 2 aromatic heterocycles. The van der Waals surface area contributed by atoms with Crippen molar-refractivity contribution in [3.05, 3.63) is 28.8 Å². The summed E-state index contributed by atoms with van der Waals surface area (Å²) in [7, 11) is 0. The van der Waals surface area contributed by atoms with Gasteiger partial charge in [0, 0.05) is 17.0 Å². The molecular weight excluding hydrogens is 218 g/mol. The zero-order valence-corrected chi connectivity index (χ0v) is 10.5. The van der Waals surface area contributed by atoms with Gasteiger partial charge in [-0.1, -0.05) is 13.8 Å². The van der Waals surface area contributed by atoms with Gasteiger partial charge in [-0.05, 0) is 25.1 Å². The summed E-state index contributed by atoms with van der Waals surface area (Å²) >= 11 is 1.84. The highest BCUT2D eigenvalue weighted by Gasteiger charge is 2.09. The molecule has 0 aliphatic heterocycles. The summed E-state index contributed by atoms with van der Waals surface area (Å²) in [6, 6.07) is 4.37. The first-order chi connectivity index (χ1) is 7.85. The van der Waals surface area contributed by atoms with Crippen molar-refractivity contribution in [3.8, 4) is 10.6 Å². The second-order valence-electron chi connectivity index (χ2n) is 3.67. The molecule has 0 spiro atoms. The van der Waals surface area contributed by atoms with Gasteiger partial charge in [0.15, 0.2) is 0 Å². The Bertz CT molecular complexity index is 445. The van der Waals surface area contributed by atoms with Gasteiger partial charge in [-0.3, -0.25) is 5.10 Å². The van der Waals surface area contributed by atoms with Crippen LogP contribution in [0, 0.1) is 0 Å². The molecule has 0 atom stereocenters. The zero-order chi connectivity index (χ0) is 11.4. The molecule has 0 radical (unpaired) electrons. The third-order valence-corrected chi connectivity index (χ3v) is 3.79. The second kappa shape index (κ2) is 5.27. The Labute approximate surface area is 99.9 Å². The fourth-order valence-electron chi connectivity index (χ4n) is 1.62. The molecule has 2 heterocycles. The maximum Gasteiger partial charge on any atom is 0.0794 e. The number of aryl methyl sites for hydroxylation is 1. The molecule has 0 fully saturated rings. The van der Waals surface area contributed by atoms with E-state index in [0.29, 0.717) is 0 Å². The zero-order valence-electron chi connectivity index (χ0n) is 9.71. The number of aromatic nitrogens is 2. The van der Waals surface area contributed by atoms with E-state index >= 15 is 0 Å².